The van der Waals surface area contributed by atoms with Crippen molar-refractivity contribution in [1.82, 2.24) is 19.7 Å². The quantitative estimate of drug-likeness (QED) is 0.388. The Morgan fingerprint density at radius 3 is 2.35 bits per heavy atom. The smallest absolute Gasteiger partial charge is 0.225 e. The van der Waals surface area contributed by atoms with Gasteiger partial charge in [0, 0.05) is 22.9 Å². The minimum atomic E-state index is -0.179. The van der Waals surface area contributed by atoms with Gasteiger partial charge in [-0.15, -0.1) is 10.2 Å². The molecule has 1 atom stereocenters. The van der Waals surface area contributed by atoms with Gasteiger partial charge in [0.05, 0.1) is 21.8 Å². The molecule has 31 heavy (non-hydrogen) atoms. The second kappa shape index (κ2) is 10.7. The number of carbonyl (C=O) groups is 1. The van der Waals surface area contributed by atoms with E-state index in [9.17, 15) is 4.79 Å². The van der Waals surface area contributed by atoms with Crippen LogP contribution in [0.25, 0.3) is 5.69 Å². The van der Waals surface area contributed by atoms with E-state index in [2.05, 4.69) is 27.3 Å². The summed E-state index contributed by atoms with van der Waals surface area (Å²) >= 11 is 19.8. The number of amides is 1. The van der Waals surface area contributed by atoms with Gasteiger partial charge < -0.3 is 5.32 Å². The van der Waals surface area contributed by atoms with Crippen LogP contribution in [0.4, 0.5) is 5.69 Å². The molecule has 1 amide bonds. The van der Waals surface area contributed by atoms with Crippen molar-refractivity contribution in [3.63, 3.8) is 0 Å². The lowest BCUT2D eigenvalue weighted by atomic mass is 10.2. The highest BCUT2D eigenvalue weighted by Gasteiger charge is 2.21. The summed E-state index contributed by atoms with van der Waals surface area (Å²) in [7, 11) is 3.98. The largest absolute Gasteiger partial charge is 0.324 e. The molecule has 0 fully saturated rings. The van der Waals surface area contributed by atoms with Gasteiger partial charge in [0.15, 0.2) is 11.0 Å². The first-order chi connectivity index (χ1) is 14.8. The Bertz CT molecular complexity index is 1040. The van der Waals surface area contributed by atoms with Crippen LogP contribution in [0.1, 0.15) is 25.2 Å². The molecule has 3 aromatic rings. The summed E-state index contributed by atoms with van der Waals surface area (Å²) in [5.74, 6) is 1.14. The lowest BCUT2D eigenvalue weighted by Crippen LogP contribution is -2.20. The van der Waals surface area contributed by atoms with E-state index >= 15 is 0 Å². The molecule has 10 heteroatoms. The lowest BCUT2D eigenvalue weighted by Gasteiger charge is -2.20. The zero-order chi connectivity index (χ0) is 22.5. The van der Waals surface area contributed by atoms with Crippen LogP contribution in [-0.2, 0) is 4.79 Å². The molecular weight excluding hydrogens is 477 g/mol. The number of nitrogens with zero attached hydrogens (tertiary/aromatic N) is 4. The molecule has 0 saturated heterocycles. The zero-order valence-electron chi connectivity index (χ0n) is 17.3. The van der Waals surface area contributed by atoms with E-state index in [1.54, 1.807) is 18.2 Å². The van der Waals surface area contributed by atoms with E-state index in [4.69, 9.17) is 34.8 Å². The standard InChI is InChI=1S/C21H22Cl3N5OS/c1-13(28(2)3)20-26-27-21(29(20)15-9-7-14(22)8-10-15)31-12-11-18(30)25-19-16(23)5-4-6-17(19)24/h4-10,13H,11-12H2,1-3H3,(H,25,30). The van der Waals surface area contributed by atoms with Gasteiger partial charge in [-0.05, 0) is 57.4 Å². The Kier molecular flexibility index (Phi) is 8.24. The SMILES string of the molecule is CC(c1nnc(SCCC(=O)Nc2c(Cl)cccc2Cl)n1-c1ccc(Cl)cc1)N(C)C. The third-order valence-corrected chi connectivity index (χ3v) is 6.49. The van der Waals surface area contributed by atoms with E-state index in [0.29, 0.717) is 31.7 Å². The van der Waals surface area contributed by atoms with Gasteiger partial charge in [0.1, 0.15) is 0 Å². The van der Waals surface area contributed by atoms with Gasteiger partial charge in [-0.1, -0.05) is 52.6 Å². The van der Waals surface area contributed by atoms with Crippen LogP contribution in [0.3, 0.4) is 0 Å². The molecule has 0 aliphatic carbocycles. The minimum absolute atomic E-state index is 0.0446. The van der Waals surface area contributed by atoms with Gasteiger partial charge in [-0.2, -0.15) is 0 Å². The second-order valence-corrected chi connectivity index (χ2v) is 9.35. The number of thioether (sulfide) groups is 1. The van der Waals surface area contributed by atoms with Crippen molar-refractivity contribution in [3.05, 3.63) is 63.4 Å². The molecule has 1 unspecified atom stereocenters. The van der Waals surface area contributed by atoms with Crippen LogP contribution >= 0.6 is 46.6 Å². The van der Waals surface area contributed by atoms with Crippen LogP contribution < -0.4 is 5.32 Å². The number of nitrogens with one attached hydrogen (secondary N) is 1. The van der Waals surface area contributed by atoms with E-state index in [1.165, 1.54) is 11.8 Å². The number of hydrogen-bond acceptors (Lipinski definition) is 5. The highest BCUT2D eigenvalue weighted by molar-refractivity contribution is 7.99. The van der Waals surface area contributed by atoms with Crippen molar-refractivity contribution in [2.75, 3.05) is 25.2 Å². The Morgan fingerprint density at radius 2 is 1.74 bits per heavy atom. The predicted octanol–water partition coefficient (Wildman–Crippen LogP) is 5.97. The summed E-state index contributed by atoms with van der Waals surface area (Å²) in [5, 5.41) is 13.7. The fourth-order valence-electron chi connectivity index (χ4n) is 2.76. The summed E-state index contributed by atoms with van der Waals surface area (Å²) in [5.41, 5.74) is 1.33. The molecular formula is C21H22Cl3N5OS. The maximum Gasteiger partial charge on any atom is 0.225 e. The van der Waals surface area contributed by atoms with Gasteiger partial charge in [-0.3, -0.25) is 14.3 Å². The van der Waals surface area contributed by atoms with Crippen LogP contribution in [0.15, 0.2) is 47.6 Å². The highest BCUT2D eigenvalue weighted by Crippen LogP contribution is 2.31. The summed E-state index contributed by atoms with van der Waals surface area (Å²) in [6.45, 7) is 2.06. The molecule has 0 saturated carbocycles. The molecule has 2 aromatic carbocycles. The summed E-state index contributed by atoms with van der Waals surface area (Å²) in [6, 6.07) is 12.6. The Morgan fingerprint density at radius 1 is 1.10 bits per heavy atom. The van der Waals surface area contributed by atoms with Gasteiger partial charge >= 0.3 is 0 Å². The third kappa shape index (κ3) is 5.93. The topological polar surface area (TPSA) is 63.1 Å². The number of carbonyl (C=O) groups excluding carboxylic acids is 1. The predicted molar refractivity (Wildman–Crippen MR) is 129 cm³/mol. The molecule has 0 radical (unpaired) electrons. The third-order valence-electron chi connectivity index (χ3n) is 4.68. The van der Waals surface area contributed by atoms with Crippen molar-refractivity contribution < 1.29 is 4.79 Å². The normalized spacial score (nSPS) is 12.2. The number of hydrogen-bond donors (Lipinski definition) is 1. The van der Waals surface area contributed by atoms with E-state index < -0.39 is 0 Å². The maximum absolute atomic E-state index is 12.4. The number of halogens is 3. The Hall–Kier alpha value is -1.77. The maximum atomic E-state index is 12.4. The van der Waals surface area contributed by atoms with Crippen molar-refractivity contribution in [1.29, 1.82) is 0 Å². The summed E-state index contributed by atoms with van der Waals surface area (Å²) in [4.78, 5) is 14.5. The lowest BCUT2D eigenvalue weighted by molar-refractivity contribution is -0.115. The molecule has 3 rings (SSSR count). The van der Waals surface area contributed by atoms with Gasteiger partial charge in [0.25, 0.3) is 0 Å². The first kappa shape index (κ1) is 23.9. The molecule has 0 aliphatic rings. The fourth-order valence-corrected chi connectivity index (χ4v) is 4.28. The minimum Gasteiger partial charge on any atom is -0.324 e. The van der Waals surface area contributed by atoms with E-state index in [-0.39, 0.29) is 18.4 Å². The average Bonchev–Trinajstić information content (AvgIpc) is 3.14. The van der Waals surface area contributed by atoms with Crippen molar-refractivity contribution >= 4 is 58.2 Å². The van der Waals surface area contributed by atoms with Crippen LogP contribution in [0.5, 0.6) is 0 Å². The van der Waals surface area contributed by atoms with E-state index in [0.717, 1.165) is 11.5 Å². The van der Waals surface area contributed by atoms with Crippen molar-refractivity contribution in [3.8, 4) is 5.69 Å². The molecule has 0 aliphatic heterocycles. The molecule has 164 valence electrons. The van der Waals surface area contributed by atoms with Crippen molar-refractivity contribution in [2.45, 2.75) is 24.5 Å². The number of benzene rings is 2. The number of rotatable bonds is 8. The molecule has 0 bridgehead atoms. The van der Waals surface area contributed by atoms with Gasteiger partial charge in [0.2, 0.25) is 5.91 Å². The average molecular weight is 499 g/mol. The monoisotopic (exact) mass is 497 g/mol. The highest BCUT2D eigenvalue weighted by atomic mass is 35.5. The van der Waals surface area contributed by atoms with E-state index in [1.807, 2.05) is 42.9 Å². The second-order valence-electron chi connectivity index (χ2n) is 7.04. The Balaban J connectivity index is 1.74. The fraction of sp³-hybridized carbons (Fsp3) is 0.286. The molecule has 1 aromatic heterocycles. The first-order valence-corrected chi connectivity index (χ1v) is 11.6. The molecule has 6 nitrogen and oxygen atoms in total. The zero-order valence-corrected chi connectivity index (χ0v) is 20.4. The molecule has 1 N–H and O–H groups in total. The number of aromatic nitrogens is 3. The Labute approximate surface area is 200 Å². The molecule has 1 heterocycles. The number of para-hydroxylation sites is 1. The van der Waals surface area contributed by atoms with Gasteiger partial charge in [-0.25, -0.2) is 0 Å². The van der Waals surface area contributed by atoms with Crippen LogP contribution in [0, 0.1) is 0 Å². The van der Waals surface area contributed by atoms with Crippen LogP contribution in [-0.4, -0.2) is 45.4 Å². The van der Waals surface area contributed by atoms with Crippen molar-refractivity contribution in [2.24, 2.45) is 0 Å². The first-order valence-electron chi connectivity index (χ1n) is 9.52. The molecule has 0 spiro atoms. The number of anilines is 1. The summed E-state index contributed by atoms with van der Waals surface area (Å²) < 4.78 is 1.99. The summed E-state index contributed by atoms with van der Waals surface area (Å²) in [6.07, 6.45) is 0.262. The van der Waals surface area contributed by atoms with Crippen LogP contribution in [0.2, 0.25) is 15.1 Å².